The molecule has 13 heteroatoms. The lowest BCUT2D eigenvalue weighted by Crippen LogP contribution is -2.45. The Kier molecular flexibility index (Phi) is 8.66. The van der Waals surface area contributed by atoms with Crippen LogP contribution in [0.2, 0.25) is 23.7 Å². The first kappa shape index (κ1) is 32.1. The van der Waals surface area contributed by atoms with E-state index in [1.807, 2.05) is 37.3 Å². The van der Waals surface area contributed by atoms with Crippen molar-refractivity contribution in [2.75, 3.05) is 18.6 Å². The van der Waals surface area contributed by atoms with Gasteiger partial charge in [0.25, 0.3) is 11.5 Å². The number of carbonyl (C=O) groups is 1. The predicted octanol–water partition coefficient (Wildman–Crippen LogP) is 5.04. The first-order chi connectivity index (χ1) is 22.0. The Hall–Kier alpha value is -3.84. The molecule has 1 fully saturated rings. The Morgan fingerprint density at radius 1 is 1.15 bits per heavy atom. The quantitative estimate of drug-likeness (QED) is 0.187. The molecule has 0 aliphatic carbocycles. The first-order valence-corrected chi connectivity index (χ1v) is 18.6. The molecule has 2 aromatic carbocycles. The van der Waals surface area contributed by atoms with Crippen LogP contribution in [0, 0.1) is 5.92 Å². The number of aryl methyl sites for hydroxylation is 1. The fourth-order valence-corrected chi connectivity index (χ4v) is 9.92. The number of anilines is 1. The van der Waals surface area contributed by atoms with Crippen LogP contribution < -0.4 is 15.2 Å². The number of pyridine rings is 1. The van der Waals surface area contributed by atoms with Gasteiger partial charge in [-0.1, -0.05) is 35.9 Å². The van der Waals surface area contributed by atoms with Crippen LogP contribution in [0.15, 0.2) is 71.8 Å². The average molecular weight is 666 g/mol. The van der Waals surface area contributed by atoms with E-state index in [9.17, 15) is 14.7 Å². The largest absolute Gasteiger partial charge is 0.491 e. The zero-order chi connectivity index (χ0) is 32.8. The van der Waals surface area contributed by atoms with Gasteiger partial charge in [-0.3, -0.25) is 18.8 Å². The first-order valence-electron chi connectivity index (χ1n) is 15.3. The second-order valence-electron chi connectivity index (χ2n) is 12.5. The van der Waals surface area contributed by atoms with Crippen LogP contribution in [0.4, 0.5) is 9.80 Å². The van der Waals surface area contributed by atoms with Crippen molar-refractivity contribution in [1.29, 1.82) is 0 Å². The van der Waals surface area contributed by atoms with E-state index >= 15 is 4.11 Å². The third-order valence-corrected chi connectivity index (χ3v) is 11.9. The molecule has 1 saturated heterocycles. The van der Waals surface area contributed by atoms with Gasteiger partial charge in [0.05, 0.1) is 31.1 Å². The molecule has 242 valence electrons. The molecule has 0 unspecified atom stereocenters. The number of benzene rings is 2. The summed E-state index contributed by atoms with van der Waals surface area (Å²) in [6, 6.07) is 16.1. The fraction of sp³-hybridized carbons (Fsp3) is 0.394. The smallest absolute Gasteiger partial charge is 0.297 e. The van der Waals surface area contributed by atoms with Crippen LogP contribution in [0.3, 0.4) is 0 Å². The number of amides is 1. The Balaban J connectivity index is 1.34. The van der Waals surface area contributed by atoms with Gasteiger partial charge in [-0.25, -0.2) is 0 Å². The van der Waals surface area contributed by atoms with Crippen LogP contribution in [0.1, 0.15) is 30.2 Å². The number of fused-ring (bicyclic) bond motifs is 2. The summed E-state index contributed by atoms with van der Waals surface area (Å²) in [4.78, 5) is 29.3. The lowest BCUT2D eigenvalue weighted by molar-refractivity contribution is -0.146. The minimum absolute atomic E-state index is 0.0292. The van der Waals surface area contributed by atoms with E-state index in [4.69, 9.17) is 21.1 Å². The van der Waals surface area contributed by atoms with E-state index in [0.29, 0.717) is 47.0 Å². The molecule has 1 spiro atoms. The number of hydrogen-bond acceptors (Lipinski definition) is 7. The summed E-state index contributed by atoms with van der Waals surface area (Å²) < 4.78 is 31.4. The van der Waals surface area contributed by atoms with Crippen molar-refractivity contribution in [3.8, 4) is 11.4 Å². The highest BCUT2D eigenvalue weighted by Crippen LogP contribution is 2.60. The average Bonchev–Trinajstić information content (AvgIpc) is 3.66. The Morgan fingerprint density at radius 3 is 2.70 bits per heavy atom. The topological polar surface area (TPSA) is 112 Å². The van der Waals surface area contributed by atoms with E-state index in [2.05, 4.69) is 10.3 Å². The van der Waals surface area contributed by atoms with Crippen molar-refractivity contribution >= 4 is 31.6 Å². The van der Waals surface area contributed by atoms with E-state index in [1.165, 1.54) is 11.7 Å². The van der Waals surface area contributed by atoms with Crippen molar-refractivity contribution in [3.63, 3.8) is 0 Å². The van der Waals surface area contributed by atoms with Gasteiger partial charge < -0.3 is 23.6 Å². The van der Waals surface area contributed by atoms with Gasteiger partial charge in [0, 0.05) is 59.7 Å². The number of aliphatic hydroxyl groups excluding tert-OH is 1. The SMILES string of the molecule is COc1cccn(-c2cccc(CN3C(=O)[C@]4(O[C@H](CCn5cc(CCO)nn5)[C@@H]([Si](C)(C)F)[C@@H]4C)c4cc(Cl)ccc43)c2)c1=O. The summed E-state index contributed by atoms with van der Waals surface area (Å²) in [6.45, 7) is 5.84. The lowest BCUT2D eigenvalue weighted by atomic mass is 9.82. The molecule has 2 aliphatic rings. The zero-order valence-electron chi connectivity index (χ0n) is 26.2. The molecule has 0 radical (unpaired) electrons. The molecular formula is C33H37ClFN5O5Si. The molecule has 6 rings (SSSR count). The minimum Gasteiger partial charge on any atom is -0.491 e. The van der Waals surface area contributed by atoms with E-state index in [-0.39, 0.29) is 30.4 Å². The van der Waals surface area contributed by atoms with Gasteiger partial charge in [-0.2, -0.15) is 0 Å². The van der Waals surface area contributed by atoms with Crippen LogP contribution in [-0.4, -0.2) is 58.8 Å². The number of methoxy groups -OCH3 is 1. The third-order valence-electron chi connectivity index (χ3n) is 9.18. The van der Waals surface area contributed by atoms with Crippen molar-refractivity contribution in [1.82, 2.24) is 19.6 Å². The molecule has 46 heavy (non-hydrogen) atoms. The Labute approximate surface area is 272 Å². The molecule has 0 bridgehead atoms. The van der Waals surface area contributed by atoms with Gasteiger partial charge in [-0.05, 0) is 67.5 Å². The van der Waals surface area contributed by atoms with Gasteiger partial charge in [0.1, 0.15) is 0 Å². The number of aliphatic hydroxyl groups is 1. The molecule has 4 heterocycles. The third kappa shape index (κ3) is 5.57. The molecular weight excluding hydrogens is 629 g/mol. The molecule has 1 amide bonds. The second kappa shape index (κ2) is 12.4. The second-order valence-corrected chi connectivity index (χ2v) is 16.7. The maximum Gasteiger partial charge on any atom is 0.297 e. The predicted molar refractivity (Wildman–Crippen MR) is 175 cm³/mol. The number of rotatable bonds is 10. The maximum absolute atomic E-state index is 16.2. The van der Waals surface area contributed by atoms with Gasteiger partial charge in [-0.15, -0.1) is 5.10 Å². The normalized spacial score (nSPS) is 22.5. The number of hydrogen-bond donors (Lipinski definition) is 1. The molecule has 4 aromatic rings. The summed E-state index contributed by atoms with van der Waals surface area (Å²) in [5, 5.41) is 17.9. The Bertz CT molecular complexity index is 1830. The van der Waals surface area contributed by atoms with Crippen LogP contribution in [-0.2, 0) is 34.6 Å². The van der Waals surface area contributed by atoms with E-state index < -0.39 is 31.6 Å². The zero-order valence-corrected chi connectivity index (χ0v) is 27.9. The number of carbonyl (C=O) groups excluding carboxylic acids is 1. The standard InChI is InChI=1S/C33H37ClFN5O5Si/c1-21-30(46(3,4)35)28(12-15-38-20-24(13-16-41)36-37-38)45-33(21)26-18-23(34)10-11-27(26)40(32(33)43)19-22-7-5-8-25(17-22)39-14-6-9-29(44-2)31(39)42/h5-11,14,17-18,20-21,28,30,41H,12-13,15-16,19H2,1-4H3/t21-,28+,30-,33+/m0/s1. The summed E-state index contributed by atoms with van der Waals surface area (Å²) in [5.74, 6) is -0.514. The highest BCUT2D eigenvalue weighted by Gasteiger charge is 2.66. The molecule has 4 atom stereocenters. The molecule has 2 aliphatic heterocycles. The lowest BCUT2D eigenvalue weighted by Gasteiger charge is -2.31. The van der Waals surface area contributed by atoms with Gasteiger partial charge in [0.15, 0.2) is 11.4 Å². The number of aromatic nitrogens is 4. The molecule has 2 aromatic heterocycles. The van der Waals surface area contributed by atoms with Gasteiger partial charge >= 0.3 is 0 Å². The van der Waals surface area contributed by atoms with Crippen molar-refractivity contribution in [2.45, 2.75) is 63.2 Å². The highest BCUT2D eigenvalue weighted by atomic mass is 35.5. The number of halogens is 2. The van der Waals surface area contributed by atoms with Crippen LogP contribution in [0.5, 0.6) is 5.75 Å². The van der Waals surface area contributed by atoms with Crippen molar-refractivity contribution in [3.05, 3.63) is 99.2 Å². The molecule has 1 N–H and O–H groups in total. The summed E-state index contributed by atoms with van der Waals surface area (Å²) in [5.41, 5.74) is 1.19. The molecule has 0 saturated carbocycles. The fourth-order valence-electron chi connectivity index (χ4n) is 7.20. The van der Waals surface area contributed by atoms with Crippen molar-refractivity contribution in [2.24, 2.45) is 5.92 Å². The Morgan fingerprint density at radius 2 is 1.96 bits per heavy atom. The number of nitrogens with zero attached hydrogens (tertiary/aromatic N) is 5. The maximum atomic E-state index is 16.2. The van der Waals surface area contributed by atoms with Crippen LogP contribution in [0.25, 0.3) is 5.69 Å². The monoisotopic (exact) mass is 665 g/mol. The minimum atomic E-state index is -3.36. The molecule has 10 nitrogen and oxygen atoms in total. The van der Waals surface area contributed by atoms with Gasteiger partial charge in [0.2, 0.25) is 8.41 Å². The van der Waals surface area contributed by atoms with Crippen molar-refractivity contribution < 1.29 is 23.5 Å². The van der Waals surface area contributed by atoms with E-state index in [0.717, 1.165) is 5.56 Å². The van der Waals surface area contributed by atoms with E-state index in [1.54, 1.807) is 59.3 Å². The summed E-state index contributed by atoms with van der Waals surface area (Å²) in [6.07, 6.45) is 3.71. The summed E-state index contributed by atoms with van der Waals surface area (Å²) in [7, 11) is -1.91. The number of ether oxygens (including phenoxy) is 2. The van der Waals surface area contributed by atoms with Crippen LogP contribution >= 0.6 is 11.6 Å². The summed E-state index contributed by atoms with van der Waals surface area (Å²) >= 11 is 6.52. The highest BCUT2D eigenvalue weighted by molar-refractivity contribution is 6.72.